The van der Waals surface area contributed by atoms with E-state index in [0.717, 1.165) is 16.7 Å². The average molecular weight is 358 g/mol. The van der Waals surface area contributed by atoms with E-state index in [1.807, 2.05) is 31.2 Å². The highest BCUT2D eigenvalue weighted by molar-refractivity contribution is 9.10. The average Bonchev–Trinajstić information content (AvgIpc) is 2.43. The smallest absolute Gasteiger partial charge is 0.137 e. The van der Waals surface area contributed by atoms with Crippen molar-refractivity contribution in [3.8, 4) is 0 Å². The van der Waals surface area contributed by atoms with Crippen molar-refractivity contribution in [1.29, 1.82) is 0 Å². The maximum absolute atomic E-state index is 13.6. The molecule has 0 aliphatic heterocycles. The largest absolute Gasteiger partial charge is 0.271 e. The molecule has 3 N–H and O–H groups in total. The van der Waals surface area contributed by atoms with Gasteiger partial charge in [-0.05, 0) is 64.2 Å². The van der Waals surface area contributed by atoms with Crippen molar-refractivity contribution in [2.75, 3.05) is 0 Å². The van der Waals surface area contributed by atoms with Crippen LogP contribution in [0.15, 0.2) is 40.9 Å². The van der Waals surface area contributed by atoms with Gasteiger partial charge in [0.15, 0.2) is 0 Å². The standard InChI is InChI=1S/C15H15BrClFN2/c1-9-5-6-11(17)8-12(9)14(20-19)7-10-3-2-4-13(18)15(10)16/h2-6,8,14,20H,7,19H2,1H3. The molecule has 20 heavy (non-hydrogen) atoms. The van der Waals surface area contributed by atoms with Crippen molar-refractivity contribution in [3.63, 3.8) is 0 Å². The molecule has 1 atom stereocenters. The summed E-state index contributed by atoms with van der Waals surface area (Å²) in [5.41, 5.74) is 5.73. The van der Waals surface area contributed by atoms with Crippen molar-refractivity contribution in [1.82, 2.24) is 5.43 Å². The predicted octanol–water partition coefficient (Wildman–Crippen LogP) is 4.30. The molecule has 5 heteroatoms. The maximum atomic E-state index is 13.6. The summed E-state index contributed by atoms with van der Waals surface area (Å²) in [6.07, 6.45) is 0.566. The Bertz CT molecular complexity index is 619. The predicted molar refractivity (Wildman–Crippen MR) is 84.1 cm³/mol. The molecule has 0 aliphatic carbocycles. The Labute approximate surface area is 131 Å². The molecule has 2 aromatic rings. The third kappa shape index (κ3) is 3.38. The van der Waals surface area contributed by atoms with Crippen LogP contribution in [0.1, 0.15) is 22.7 Å². The highest BCUT2D eigenvalue weighted by Crippen LogP contribution is 2.28. The Morgan fingerprint density at radius 1 is 1.35 bits per heavy atom. The first-order valence-electron chi connectivity index (χ1n) is 6.18. The van der Waals surface area contributed by atoms with Crippen LogP contribution in [0.2, 0.25) is 5.02 Å². The second kappa shape index (κ2) is 6.68. The van der Waals surface area contributed by atoms with Gasteiger partial charge in [-0.1, -0.05) is 29.8 Å². The molecule has 0 spiro atoms. The second-order valence-electron chi connectivity index (χ2n) is 4.64. The molecule has 2 nitrogen and oxygen atoms in total. The number of halogens is 3. The van der Waals surface area contributed by atoms with Gasteiger partial charge in [0.1, 0.15) is 5.82 Å². The lowest BCUT2D eigenvalue weighted by atomic mass is 9.96. The molecule has 0 saturated heterocycles. The fourth-order valence-electron chi connectivity index (χ4n) is 2.17. The van der Waals surface area contributed by atoms with Crippen LogP contribution in [0.25, 0.3) is 0 Å². The molecule has 0 aromatic heterocycles. The van der Waals surface area contributed by atoms with Crippen LogP contribution in [0, 0.1) is 12.7 Å². The third-order valence-corrected chi connectivity index (χ3v) is 4.40. The zero-order valence-corrected chi connectivity index (χ0v) is 13.3. The SMILES string of the molecule is Cc1ccc(Cl)cc1C(Cc1cccc(F)c1Br)NN. The van der Waals surface area contributed by atoms with Gasteiger partial charge in [0.05, 0.1) is 10.5 Å². The molecule has 0 heterocycles. The van der Waals surface area contributed by atoms with Crippen molar-refractivity contribution in [2.45, 2.75) is 19.4 Å². The molecule has 0 bridgehead atoms. The maximum Gasteiger partial charge on any atom is 0.137 e. The molecular formula is C15H15BrClFN2. The van der Waals surface area contributed by atoms with E-state index >= 15 is 0 Å². The molecule has 0 aliphatic rings. The lowest BCUT2D eigenvalue weighted by molar-refractivity contribution is 0.544. The van der Waals surface area contributed by atoms with E-state index in [1.165, 1.54) is 6.07 Å². The molecular weight excluding hydrogens is 343 g/mol. The van der Waals surface area contributed by atoms with E-state index in [9.17, 15) is 4.39 Å². The molecule has 0 fully saturated rings. The number of hydrazine groups is 1. The lowest BCUT2D eigenvalue weighted by Crippen LogP contribution is -2.30. The topological polar surface area (TPSA) is 38.0 Å². The number of benzene rings is 2. The Morgan fingerprint density at radius 2 is 2.10 bits per heavy atom. The van der Waals surface area contributed by atoms with Gasteiger partial charge >= 0.3 is 0 Å². The molecule has 0 radical (unpaired) electrons. The Morgan fingerprint density at radius 3 is 2.80 bits per heavy atom. The van der Waals surface area contributed by atoms with E-state index < -0.39 is 0 Å². The highest BCUT2D eigenvalue weighted by atomic mass is 79.9. The van der Waals surface area contributed by atoms with Gasteiger partial charge in [0.2, 0.25) is 0 Å². The molecule has 2 rings (SSSR count). The van der Waals surface area contributed by atoms with Gasteiger partial charge in [-0.3, -0.25) is 11.3 Å². The molecule has 0 amide bonds. The van der Waals surface area contributed by atoms with Crippen molar-refractivity contribution < 1.29 is 4.39 Å². The minimum Gasteiger partial charge on any atom is -0.271 e. The molecule has 0 saturated carbocycles. The number of hydrogen-bond donors (Lipinski definition) is 2. The van der Waals surface area contributed by atoms with Gasteiger partial charge in [-0.15, -0.1) is 0 Å². The van der Waals surface area contributed by atoms with Crippen molar-refractivity contribution in [3.05, 3.63) is 68.4 Å². The highest BCUT2D eigenvalue weighted by Gasteiger charge is 2.16. The Balaban J connectivity index is 2.34. The fraction of sp³-hybridized carbons (Fsp3) is 0.200. The monoisotopic (exact) mass is 356 g/mol. The van der Waals surface area contributed by atoms with Crippen LogP contribution < -0.4 is 11.3 Å². The molecule has 106 valence electrons. The number of nitrogens with two attached hydrogens (primary N) is 1. The van der Waals surface area contributed by atoms with Crippen LogP contribution in [-0.2, 0) is 6.42 Å². The summed E-state index contributed by atoms with van der Waals surface area (Å²) in [5.74, 6) is 5.38. The summed E-state index contributed by atoms with van der Waals surface area (Å²) in [4.78, 5) is 0. The summed E-state index contributed by atoms with van der Waals surface area (Å²) in [7, 11) is 0. The number of nitrogens with one attached hydrogen (secondary N) is 1. The number of hydrogen-bond acceptors (Lipinski definition) is 2. The molecule has 1 unspecified atom stereocenters. The van der Waals surface area contributed by atoms with Crippen LogP contribution in [-0.4, -0.2) is 0 Å². The zero-order valence-electron chi connectivity index (χ0n) is 11.0. The van der Waals surface area contributed by atoms with E-state index in [-0.39, 0.29) is 11.9 Å². The quantitative estimate of drug-likeness (QED) is 0.632. The van der Waals surface area contributed by atoms with Gasteiger partial charge in [0.25, 0.3) is 0 Å². The van der Waals surface area contributed by atoms with Crippen LogP contribution in [0.4, 0.5) is 4.39 Å². The second-order valence-corrected chi connectivity index (χ2v) is 5.87. The van der Waals surface area contributed by atoms with Crippen molar-refractivity contribution in [2.24, 2.45) is 5.84 Å². The first-order valence-corrected chi connectivity index (χ1v) is 7.35. The molecule has 2 aromatic carbocycles. The summed E-state index contributed by atoms with van der Waals surface area (Å²) in [5, 5.41) is 0.657. The van der Waals surface area contributed by atoms with Gasteiger partial charge in [0, 0.05) is 5.02 Å². The van der Waals surface area contributed by atoms with Crippen LogP contribution in [0.3, 0.4) is 0 Å². The number of aryl methyl sites for hydroxylation is 1. The summed E-state index contributed by atoms with van der Waals surface area (Å²) < 4.78 is 14.0. The summed E-state index contributed by atoms with van der Waals surface area (Å²) in [6, 6.07) is 10.5. The summed E-state index contributed by atoms with van der Waals surface area (Å²) in [6.45, 7) is 2.00. The number of rotatable bonds is 4. The third-order valence-electron chi connectivity index (χ3n) is 3.27. The lowest BCUT2D eigenvalue weighted by Gasteiger charge is -2.20. The van der Waals surface area contributed by atoms with E-state index in [2.05, 4.69) is 21.4 Å². The normalized spacial score (nSPS) is 12.4. The first kappa shape index (κ1) is 15.4. The van der Waals surface area contributed by atoms with Crippen molar-refractivity contribution >= 4 is 27.5 Å². The minimum atomic E-state index is -0.277. The van der Waals surface area contributed by atoms with Gasteiger partial charge < -0.3 is 0 Å². The summed E-state index contributed by atoms with van der Waals surface area (Å²) >= 11 is 9.31. The first-order chi connectivity index (χ1) is 9.52. The minimum absolute atomic E-state index is 0.133. The van der Waals surface area contributed by atoms with E-state index in [4.69, 9.17) is 17.4 Å². The van der Waals surface area contributed by atoms with Gasteiger partial charge in [-0.25, -0.2) is 4.39 Å². The van der Waals surface area contributed by atoms with Crippen LogP contribution in [0.5, 0.6) is 0 Å². The van der Waals surface area contributed by atoms with Gasteiger partial charge in [-0.2, -0.15) is 0 Å². The van der Waals surface area contributed by atoms with E-state index in [1.54, 1.807) is 6.07 Å². The van der Waals surface area contributed by atoms with E-state index in [0.29, 0.717) is 15.9 Å². The Hall–Kier alpha value is -0.940. The fourth-order valence-corrected chi connectivity index (χ4v) is 2.78. The van der Waals surface area contributed by atoms with Crippen LogP contribution >= 0.6 is 27.5 Å². The zero-order chi connectivity index (χ0) is 14.7. The Kier molecular flexibility index (Phi) is 5.16.